The number of carboxylic acid groups (broad SMARTS) is 1. The highest BCUT2D eigenvalue weighted by Gasteiger charge is 2.53. The Morgan fingerprint density at radius 3 is 2.94 bits per heavy atom. The molecule has 0 saturated carbocycles. The van der Waals surface area contributed by atoms with Gasteiger partial charge in [0.1, 0.15) is 29.2 Å². The number of nitrogens with zero attached hydrogens (tertiary/aromatic N) is 5. The molecule has 0 aromatic carbocycles. The van der Waals surface area contributed by atoms with Gasteiger partial charge in [0.25, 0.3) is 11.8 Å². The van der Waals surface area contributed by atoms with Crippen LogP contribution in [-0.4, -0.2) is 62.2 Å². The zero-order valence-electron chi connectivity index (χ0n) is 18.6. The number of carbonyl (C=O) groups is 3. The van der Waals surface area contributed by atoms with Crippen LogP contribution in [-0.2, 0) is 25.8 Å². The van der Waals surface area contributed by atoms with Crippen LogP contribution in [0.5, 0.6) is 0 Å². The van der Waals surface area contributed by atoms with E-state index in [0.717, 1.165) is 21.9 Å². The smallest absolute Gasteiger partial charge is 0.276 e. The fourth-order valence-corrected chi connectivity index (χ4v) is 6.15. The number of carbonyl (C=O) groups excluding carboxylic acids is 3. The first-order chi connectivity index (χ1) is 17.3. The molecule has 3 N–H and O–H groups in total. The largest absolute Gasteiger partial charge is 0.543 e. The van der Waals surface area contributed by atoms with E-state index >= 15 is 0 Å². The minimum atomic E-state index is -1.46. The Balaban J connectivity index is 1.36. The zero-order chi connectivity index (χ0) is 25.6. The molecular formula is C21H18ClN7O5S2. The number of thiazole rings is 1. The van der Waals surface area contributed by atoms with Gasteiger partial charge in [-0.05, 0) is 5.57 Å². The second-order valence-corrected chi connectivity index (χ2v) is 10.3. The molecule has 0 spiro atoms. The zero-order valence-corrected chi connectivity index (χ0v) is 21.0. The Hall–Kier alpha value is -3.62. The van der Waals surface area contributed by atoms with Gasteiger partial charge in [0.05, 0.1) is 24.1 Å². The van der Waals surface area contributed by atoms with E-state index in [1.165, 1.54) is 24.3 Å². The number of halogens is 1. The van der Waals surface area contributed by atoms with Gasteiger partial charge in [0, 0.05) is 23.7 Å². The predicted molar refractivity (Wildman–Crippen MR) is 129 cm³/mol. The molecule has 36 heavy (non-hydrogen) atoms. The van der Waals surface area contributed by atoms with Gasteiger partial charge in [-0.1, -0.05) is 16.8 Å². The van der Waals surface area contributed by atoms with Crippen LogP contribution in [0.1, 0.15) is 5.69 Å². The highest BCUT2D eigenvalue weighted by Crippen LogP contribution is 2.40. The van der Waals surface area contributed by atoms with E-state index in [2.05, 4.69) is 15.5 Å². The number of hydrogen-bond acceptors (Lipinski definition) is 10. The summed E-state index contributed by atoms with van der Waals surface area (Å²) in [5.41, 5.74) is 6.76. The maximum absolute atomic E-state index is 13.0. The number of aliphatic carboxylic acids is 1. The molecule has 5 heterocycles. The fraction of sp³-hybridized carbons (Fsp3) is 0.238. The van der Waals surface area contributed by atoms with Crippen LogP contribution in [0, 0.1) is 0 Å². The number of nitrogens with two attached hydrogens (primary N) is 1. The molecule has 4 aliphatic rings. The number of fused-ring (bicyclic) bond motifs is 2. The Bertz CT molecular complexity index is 1420. The van der Waals surface area contributed by atoms with Crippen molar-refractivity contribution in [1.29, 1.82) is 0 Å². The van der Waals surface area contributed by atoms with Gasteiger partial charge in [-0.3, -0.25) is 14.5 Å². The molecule has 5 rings (SSSR count). The van der Waals surface area contributed by atoms with Crippen molar-refractivity contribution in [2.24, 2.45) is 5.16 Å². The molecular weight excluding hydrogens is 530 g/mol. The minimum absolute atomic E-state index is 0.148. The summed E-state index contributed by atoms with van der Waals surface area (Å²) >= 11 is 8.67. The molecule has 0 radical (unpaired) electrons. The van der Waals surface area contributed by atoms with Gasteiger partial charge in [0.2, 0.25) is 5.69 Å². The lowest BCUT2D eigenvalue weighted by Gasteiger charge is -2.50. The molecule has 12 nitrogen and oxygen atoms in total. The molecule has 1 fully saturated rings. The summed E-state index contributed by atoms with van der Waals surface area (Å²) < 4.78 is 3.63. The van der Waals surface area contributed by atoms with E-state index < -0.39 is 29.2 Å². The van der Waals surface area contributed by atoms with E-state index in [1.807, 2.05) is 10.8 Å². The third-order valence-corrected chi connectivity index (χ3v) is 8.01. The molecule has 2 amide bonds. The molecule has 1 aromatic rings. The van der Waals surface area contributed by atoms with Gasteiger partial charge in [-0.25, -0.2) is 4.98 Å². The number of carboxylic acids is 1. The summed E-state index contributed by atoms with van der Waals surface area (Å²) in [5, 5.41) is 20.1. The van der Waals surface area contributed by atoms with Crippen molar-refractivity contribution in [1.82, 2.24) is 19.8 Å². The van der Waals surface area contributed by atoms with Gasteiger partial charge < -0.3 is 30.4 Å². The first-order valence-electron chi connectivity index (χ1n) is 10.4. The third kappa shape index (κ3) is 4.16. The van der Waals surface area contributed by atoms with Crippen molar-refractivity contribution in [3.8, 4) is 5.69 Å². The van der Waals surface area contributed by atoms with Crippen molar-refractivity contribution >= 4 is 63.3 Å². The van der Waals surface area contributed by atoms with Gasteiger partial charge in [-0.2, -0.15) is 4.57 Å². The Morgan fingerprint density at radius 2 is 2.25 bits per heavy atom. The fourth-order valence-electron chi connectivity index (χ4n) is 4.06. The van der Waals surface area contributed by atoms with Crippen LogP contribution in [0.2, 0.25) is 5.02 Å². The maximum Gasteiger partial charge on any atom is 0.276 e. The first-order valence-corrected chi connectivity index (χ1v) is 12.8. The molecule has 4 aliphatic heterocycles. The minimum Gasteiger partial charge on any atom is -0.543 e. The van der Waals surface area contributed by atoms with Crippen LogP contribution in [0.25, 0.3) is 5.69 Å². The van der Waals surface area contributed by atoms with E-state index in [1.54, 1.807) is 29.2 Å². The molecule has 2 atom stereocenters. The second-order valence-electron chi connectivity index (χ2n) is 7.85. The summed E-state index contributed by atoms with van der Waals surface area (Å²) in [4.78, 5) is 47.9. The van der Waals surface area contributed by atoms with Crippen molar-refractivity contribution in [3.63, 3.8) is 0 Å². The lowest BCUT2D eigenvalue weighted by molar-refractivity contribution is -0.593. The van der Waals surface area contributed by atoms with Gasteiger partial charge >= 0.3 is 0 Å². The quantitative estimate of drug-likeness (QED) is 0.171. The van der Waals surface area contributed by atoms with E-state index in [0.29, 0.717) is 16.3 Å². The molecule has 0 aliphatic carbocycles. The van der Waals surface area contributed by atoms with Gasteiger partial charge in [-0.15, -0.1) is 23.1 Å². The van der Waals surface area contributed by atoms with E-state index in [-0.39, 0.29) is 28.8 Å². The normalized spacial score (nSPS) is 19.8. The van der Waals surface area contributed by atoms with Crippen LogP contribution in [0.4, 0.5) is 5.13 Å². The topological polar surface area (TPSA) is 159 Å². The predicted octanol–water partition coefficient (Wildman–Crippen LogP) is -0.651. The monoisotopic (exact) mass is 547 g/mol. The van der Waals surface area contributed by atoms with E-state index in [9.17, 15) is 19.5 Å². The Kier molecular flexibility index (Phi) is 6.32. The van der Waals surface area contributed by atoms with Crippen molar-refractivity contribution in [3.05, 3.63) is 58.2 Å². The maximum atomic E-state index is 13.0. The number of oxime groups is 1. The highest BCUT2D eigenvalue weighted by molar-refractivity contribution is 8.00. The average molecular weight is 548 g/mol. The second kappa shape index (κ2) is 9.44. The summed E-state index contributed by atoms with van der Waals surface area (Å²) in [7, 11) is 1.27. The van der Waals surface area contributed by atoms with Crippen molar-refractivity contribution in [2.75, 3.05) is 18.6 Å². The number of hydrogen-bond donors (Lipinski definition) is 2. The number of nitrogen functional groups attached to an aromatic ring is 1. The third-order valence-electron chi connectivity index (χ3n) is 5.67. The highest BCUT2D eigenvalue weighted by atomic mass is 35.5. The van der Waals surface area contributed by atoms with Gasteiger partial charge in [0.15, 0.2) is 23.2 Å². The Morgan fingerprint density at radius 1 is 1.44 bits per heavy atom. The molecule has 0 bridgehead atoms. The molecule has 0 unspecified atom stereocenters. The van der Waals surface area contributed by atoms with Crippen molar-refractivity contribution < 1.29 is 28.9 Å². The molecule has 15 heteroatoms. The molecule has 1 saturated heterocycles. The number of β-lactam (4-membered cyclic amide) rings is 1. The van der Waals surface area contributed by atoms with Crippen LogP contribution >= 0.6 is 34.7 Å². The number of thioether (sulfide) groups is 1. The first kappa shape index (κ1) is 24.1. The summed E-state index contributed by atoms with van der Waals surface area (Å²) in [6, 6.07) is 0.799. The van der Waals surface area contributed by atoms with Crippen LogP contribution in [0.15, 0.2) is 52.7 Å². The number of nitrogens with one attached hydrogen (secondary N) is 1. The Labute approximate surface area is 217 Å². The number of anilines is 1. The number of amides is 2. The van der Waals surface area contributed by atoms with Crippen molar-refractivity contribution in [2.45, 2.75) is 18.0 Å². The van der Waals surface area contributed by atoms with Crippen LogP contribution in [0.3, 0.4) is 0 Å². The standard InChI is InChI=1S/C21H18ClN7O5S2/c1-34-26-14(12-9-36-21(23)24-12)17(30)25-15-18(31)29-16(20(32)33)10(8-35-19(15)29)6-27-4-5-28-3-2-11(22)13(28)7-27/h2-5,7,9,15,19H,6,8H2,1H3,(H3-,23,24,25,30,32,33)/b26-14-/t15-,19-/m1/s1. The molecule has 1 aromatic heterocycles. The summed E-state index contributed by atoms with van der Waals surface area (Å²) in [6.45, 7) is 0.220. The summed E-state index contributed by atoms with van der Waals surface area (Å²) in [6.07, 6.45) is 7.19. The number of rotatable bonds is 7. The average Bonchev–Trinajstić information content (AvgIpc) is 3.45. The lowest BCUT2D eigenvalue weighted by Crippen LogP contribution is -2.71. The molecule has 186 valence electrons. The van der Waals surface area contributed by atoms with Crippen LogP contribution < -0.4 is 20.7 Å². The SMILES string of the molecule is CO/N=C(\C(=O)N[C@@H]1C(=O)N2C(C(=O)[O-])=C(Cn3cc[n+]4ccc(Cl)c-4c3)CS[C@H]12)c1csc(N)n1. The summed E-state index contributed by atoms with van der Waals surface area (Å²) in [5.74, 6) is -2.41. The van der Waals surface area contributed by atoms with E-state index in [4.69, 9.17) is 22.2 Å². The number of aromatic nitrogens is 3. The lowest BCUT2D eigenvalue weighted by atomic mass is 10.0.